The molecule has 0 saturated carbocycles. The van der Waals surface area contributed by atoms with Crippen LogP contribution in [0.15, 0.2) is 60.9 Å². The molecule has 4 aromatic rings. The molecule has 0 radical (unpaired) electrons. The first-order chi connectivity index (χ1) is 14.3. The number of fused-ring (bicyclic) bond motifs is 2. The molecule has 7 heteroatoms. The maximum atomic E-state index is 5.63. The third-order valence-corrected chi connectivity index (χ3v) is 4.82. The molecule has 1 aliphatic rings. The van der Waals surface area contributed by atoms with E-state index in [2.05, 4.69) is 50.0 Å². The molecule has 7 nitrogen and oxygen atoms in total. The fourth-order valence-corrected chi connectivity index (χ4v) is 3.43. The number of rotatable bonds is 6. The first-order valence-corrected chi connectivity index (χ1v) is 9.64. The van der Waals surface area contributed by atoms with Crippen LogP contribution < -0.4 is 20.1 Å². The number of nitrogens with one attached hydrogen (secondary N) is 3. The Morgan fingerprint density at radius 3 is 2.86 bits per heavy atom. The van der Waals surface area contributed by atoms with Crippen molar-refractivity contribution < 1.29 is 9.47 Å². The summed E-state index contributed by atoms with van der Waals surface area (Å²) < 4.78 is 11.2. The summed E-state index contributed by atoms with van der Waals surface area (Å²) in [6.07, 6.45) is 4.68. The first-order valence-electron chi connectivity index (χ1n) is 9.64. The summed E-state index contributed by atoms with van der Waals surface area (Å²) in [4.78, 5) is 12.2. The SMILES string of the molecule is c1ccc2c(CCNc3nccc(Nc4ccc5c(c4)OCCO5)n3)c[nH]c2c1. The van der Waals surface area contributed by atoms with Crippen LogP contribution >= 0.6 is 0 Å². The minimum atomic E-state index is 0.564. The van der Waals surface area contributed by atoms with Crippen LogP contribution in [0.2, 0.25) is 0 Å². The van der Waals surface area contributed by atoms with Gasteiger partial charge in [-0.2, -0.15) is 4.98 Å². The quantitative estimate of drug-likeness (QED) is 0.461. The second-order valence-electron chi connectivity index (χ2n) is 6.79. The lowest BCUT2D eigenvalue weighted by molar-refractivity contribution is 0.171. The van der Waals surface area contributed by atoms with Crippen LogP contribution in [0.4, 0.5) is 17.5 Å². The predicted molar refractivity (Wildman–Crippen MR) is 113 cm³/mol. The summed E-state index contributed by atoms with van der Waals surface area (Å²) in [5.41, 5.74) is 3.32. The Hall–Kier alpha value is -3.74. The van der Waals surface area contributed by atoms with Gasteiger partial charge in [0, 0.05) is 41.6 Å². The third-order valence-electron chi connectivity index (χ3n) is 4.82. The largest absolute Gasteiger partial charge is 0.486 e. The summed E-state index contributed by atoms with van der Waals surface area (Å²) in [5, 5.41) is 7.85. The van der Waals surface area contributed by atoms with Crippen molar-refractivity contribution in [2.45, 2.75) is 6.42 Å². The molecule has 0 atom stereocenters. The van der Waals surface area contributed by atoms with Crippen LogP contribution in [0, 0.1) is 0 Å². The lowest BCUT2D eigenvalue weighted by Crippen LogP contribution is -2.15. The standard InChI is InChI=1S/C22H21N5O2/c1-2-4-18-17(3-1)15(14-25-18)7-9-23-22-24-10-8-21(27-22)26-16-5-6-19-20(13-16)29-12-11-28-19/h1-6,8,10,13-14,25H,7,9,11-12H2,(H2,23,24,26,27). The Labute approximate surface area is 168 Å². The molecule has 0 bridgehead atoms. The number of hydrogen-bond donors (Lipinski definition) is 3. The van der Waals surface area contributed by atoms with E-state index in [1.807, 2.05) is 30.3 Å². The maximum Gasteiger partial charge on any atom is 0.224 e. The Balaban J connectivity index is 1.23. The van der Waals surface area contributed by atoms with Gasteiger partial charge in [0.2, 0.25) is 5.95 Å². The van der Waals surface area contributed by atoms with E-state index in [0.717, 1.165) is 35.7 Å². The number of aromatic nitrogens is 3. The first kappa shape index (κ1) is 17.4. The van der Waals surface area contributed by atoms with Crippen LogP contribution in [0.5, 0.6) is 11.5 Å². The summed E-state index contributed by atoms with van der Waals surface area (Å²) in [5.74, 6) is 2.81. The molecular weight excluding hydrogens is 366 g/mol. The number of anilines is 3. The monoisotopic (exact) mass is 387 g/mol. The Kier molecular flexibility index (Phi) is 4.62. The van der Waals surface area contributed by atoms with Crippen LogP contribution in [0.25, 0.3) is 10.9 Å². The molecule has 0 aliphatic carbocycles. The van der Waals surface area contributed by atoms with Gasteiger partial charge in [-0.1, -0.05) is 18.2 Å². The zero-order chi connectivity index (χ0) is 19.5. The van der Waals surface area contributed by atoms with Crippen LogP contribution in [0.3, 0.4) is 0 Å². The number of H-pyrrole nitrogens is 1. The summed E-state index contributed by atoms with van der Waals surface area (Å²) in [7, 11) is 0. The van der Waals surface area contributed by atoms with Crippen molar-refractivity contribution in [3.8, 4) is 11.5 Å². The summed E-state index contributed by atoms with van der Waals surface area (Å²) >= 11 is 0. The van der Waals surface area contributed by atoms with E-state index in [1.165, 1.54) is 10.9 Å². The number of hydrogen-bond acceptors (Lipinski definition) is 6. The lowest BCUT2D eigenvalue weighted by atomic mass is 10.1. The molecule has 0 amide bonds. The van der Waals surface area contributed by atoms with Gasteiger partial charge in [-0.25, -0.2) is 4.98 Å². The second kappa shape index (κ2) is 7.71. The Bertz CT molecular complexity index is 1140. The molecular formula is C22H21N5O2. The Morgan fingerprint density at radius 2 is 1.90 bits per heavy atom. The van der Waals surface area contributed by atoms with Crippen LogP contribution in [-0.4, -0.2) is 34.7 Å². The molecule has 1 aliphatic heterocycles. The molecule has 3 heterocycles. The topological polar surface area (TPSA) is 84.1 Å². The molecule has 0 unspecified atom stereocenters. The molecule has 0 spiro atoms. The molecule has 5 rings (SSSR count). The van der Waals surface area contributed by atoms with Crippen molar-refractivity contribution in [3.05, 3.63) is 66.5 Å². The van der Waals surface area contributed by atoms with Gasteiger partial charge in [-0.3, -0.25) is 0 Å². The van der Waals surface area contributed by atoms with E-state index in [9.17, 15) is 0 Å². The van der Waals surface area contributed by atoms with Crippen molar-refractivity contribution >= 4 is 28.4 Å². The molecule has 0 fully saturated rings. The van der Waals surface area contributed by atoms with Crippen molar-refractivity contribution in [2.24, 2.45) is 0 Å². The molecule has 3 N–H and O–H groups in total. The van der Waals surface area contributed by atoms with Crippen molar-refractivity contribution in [3.63, 3.8) is 0 Å². The van der Waals surface area contributed by atoms with Gasteiger partial charge in [0.05, 0.1) is 0 Å². The minimum absolute atomic E-state index is 0.564. The number of para-hydroxylation sites is 1. The van der Waals surface area contributed by atoms with Gasteiger partial charge in [-0.15, -0.1) is 0 Å². The average Bonchev–Trinajstić information content (AvgIpc) is 3.17. The van der Waals surface area contributed by atoms with Gasteiger partial charge in [-0.05, 0) is 36.2 Å². The zero-order valence-electron chi connectivity index (χ0n) is 15.8. The van der Waals surface area contributed by atoms with E-state index in [0.29, 0.717) is 25.0 Å². The highest BCUT2D eigenvalue weighted by molar-refractivity contribution is 5.83. The molecule has 146 valence electrons. The number of benzene rings is 2. The lowest BCUT2D eigenvalue weighted by Gasteiger charge is -2.19. The normalized spacial score (nSPS) is 12.7. The Morgan fingerprint density at radius 1 is 1.00 bits per heavy atom. The van der Waals surface area contributed by atoms with Crippen molar-refractivity contribution in [1.29, 1.82) is 0 Å². The summed E-state index contributed by atoms with van der Waals surface area (Å²) in [6.45, 7) is 1.89. The second-order valence-corrected chi connectivity index (χ2v) is 6.79. The molecule has 29 heavy (non-hydrogen) atoms. The molecule has 2 aromatic heterocycles. The number of ether oxygens (including phenoxy) is 2. The van der Waals surface area contributed by atoms with Crippen molar-refractivity contribution in [2.75, 3.05) is 30.4 Å². The van der Waals surface area contributed by atoms with Gasteiger partial charge < -0.3 is 25.1 Å². The van der Waals surface area contributed by atoms with E-state index in [4.69, 9.17) is 9.47 Å². The van der Waals surface area contributed by atoms with Gasteiger partial charge >= 0.3 is 0 Å². The van der Waals surface area contributed by atoms with E-state index in [1.54, 1.807) is 6.20 Å². The van der Waals surface area contributed by atoms with E-state index in [-0.39, 0.29) is 0 Å². The highest BCUT2D eigenvalue weighted by atomic mass is 16.6. The molecule has 2 aromatic carbocycles. The molecule has 0 saturated heterocycles. The van der Waals surface area contributed by atoms with Gasteiger partial charge in [0.1, 0.15) is 19.0 Å². The highest BCUT2D eigenvalue weighted by Gasteiger charge is 2.12. The van der Waals surface area contributed by atoms with E-state index >= 15 is 0 Å². The van der Waals surface area contributed by atoms with Gasteiger partial charge in [0.25, 0.3) is 0 Å². The maximum absolute atomic E-state index is 5.63. The average molecular weight is 387 g/mol. The number of aromatic amines is 1. The fraction of sp³-hybridized carbons (Fsp3) is 0.182. The van der Waals surface area contributed by atoms with Crippen molar-refractivity contribution in [1.82, 2.24) is 15.0 Å². The van der Waals surface area contributed by atoms with E-state index < -0.39 is 0 Å². The van der Waals surface area contributed by atoms with Crippen LogP contribution in [0.1, 0.15) is 5.56 Å². The smallest absolute Gasteiger partial charge is 0.224 e. The summed E-state index contributed by atoms with van der Waals surface area (Å²) in [6, 6.07) is 15.9. The predicted octanol–water partition coefficient (Wildman–Crippen LogP) is 4.13. The third kappa shape index (κ3) is 3.80. The highest BCUT2D eigenvalue weighted by Crippen LogP contribution is 2.33. The van der Waals surface area contributed by atoms with Gasteiger partial charge in [0.15, 0.2) is 11.5 Å². The zero-order valence-corrected chi connectivity index (χ0v) is 15.8. The van der Waals surface area contributed by atoms with Crippen LogP contribution in [-0.2, 0) is 6.42 Å². The fourth-order valence-electron chi connectivity index (χ4n) is 3.43. The number of nitrogens with zero attached hydrogens (tertiary/aromatic N) is 2. The minimum Gasteiger partial charge on any atom is -0.486 e.